The van der Waals surface area contributed by atoms with Gasteiger partial charge in [0.05, 0.1) is 5.69 Å². The highest BCUT2D eigenvalue weighted by molar-refractivity contribution is 5.17. The zero-order chi connectivity index (χ0) is 10.2. The van der Waals surface area contributed by atoms with Crippen molar-refractivity contribution in [2.24, 2.45) is 0 Å². The van der Waals surface area contributed by atoms with Crippen molar-refractivity contribution in [3.05, 3.63) is 41.7 Å². The maximum Gasteiger partial charge on any atom is 0.0570 e. The van der Waals surface area contributed by atoms with E-state index in [1.807, 2.05) is 19.2 Å². The summed E-state index contributed by atoms with van der Waals surface area (Å²) in [4.78, 5) is 4.32. The van der Waals surface area contributed by atoms with Crippen molar-refractivity contribution in [3.8, 4) is 0 Å². The zero-order valence-corrected chi connectivity index (χ0v) is 8.96. The lowest BCUT2D eigenvalue weighted by Gasteiger charge is -2.04. The van der Waals surface area contributed by atoms with Crippen molar-refractivity contribution in [1.82, 2.24) is 10.3 Å². The van der Waals surface area contributed by atoms with E-state index in [1.54, 1.807) is 0 Å². The lowest BCUT2D eigenvalue weighted by Crippen LogP contribution is -2.15. The third kappa shape index (κ3) is 3.71. The molecule has 76 valence electrons. The Bertz CT molecular complexity index is 292. The SMILES string of the molecule is C/C=C/CCNCc1ncccc1C. The van der Waals surface area contributed by atoms with E-state index in [-0.39, 0.29) is 0 Å². The Balaban J connectivity index is 2.28. The first kappa shape index (κ1) is 10.9. The first-order valence-electron chi connectivity index (χ1n) is 5.07. The molecule has 0 saturated carbocycles. The van der Waals surface area contributed by atoms with E-state index in [0.717, 1.165) is 25.2 Å². The fraction of sp³-hybridized carbons (Fsp3) is 0.417. The first-order chi connectivity index (χ1) is 6.84. The maximum atomic E-state index is 4.32. The molecule has 1 aromatic heterocycles. The third-order valence-electron chi connectivity index (χ3n) is 2.13. The number of aromatic nitrogens is 1. The Morgan fingerprint density at radius 3 is 3.07 bits per heavy atom. The van der Waals surface area contributed by atoms with Crippen LogP contribution in [-0.2, 0) is 6.54 Å². The fourth-order valence-electron chi connectivity index (χ4n) is 1.26. The van der Waals surface area contributed by atoms with E-state index in [4.69, 9.17) is 0 Å². The second-order valence-electron chi connectivity index (χ2n) is 3.30. The number of rotatable bonds is 5. The van der Waals surface area contributed by atoms with Crippen LogP contribution in [-0.4, -0.2) is 11.5 Å². The molecule has 0 aliphatic carbocycles. The van der Waals surface area contributed by atoms with Crippen molar-refractivity contribution in [1.29, 1.82) is 0 Å². The predicted molar refractivity (Wildman–Crippen MR) is 60.1 cm³/mol. The summed E-state index contributed by atoms with van der Waals surface area (Å²) in [7, 11) is 0. The van der Waals surface area contributed by atoms with Crippen LogP contribution in [0.25, 0.3) is 0 Å². The maximum absolute atomic E-state index is 4.32. The minimum Gasteiger partial charge on any atom is -0.311 e. The standard InChI is InChI=1S/C12H18N2/c1-3-4-5-8-13-10-12-11(2)7-6-9-14-12/h3-4,6-7,9,13H,5,8,10H2,1-2H3/b4-3+. The lowest BCUT2D eigenvalue weighted by atomic mass is 10.2. The van der Waals surface area contributed by atoms with Gasteiger partial charge in [0.25, 0.3) is 0 Å². The third-order valence-corrected chi connectivity index (χ3v) is 2.13. The van der Waals surface area contributed by atoms with Crippen molar-refractivity contribution < 1.29 is 0 Å². The van der Waals surface area contributed by atoms with Gasteiger partial charge in [0, 0.05) is 12.7 Å². The van der Waals surface area contributed by atoms with Gasteiger partial charge >= 0.3 is 0 Å². The minimum absolute atomic E-state index is 0.865. The highest BCUT2D eigenvalue weighted by atomic mass is 14.9. The largest absolute Gasteiger partial charge is 0.311 e. The average molecular weight is 190 g/mol. The molecule has 1 rings (SSSR count). The van der Waals surface area contributed by atoms with Crippen molar-refractivity contribution >= 4 is 0 Å². The quantitative estimate of drug-likeness (QED) is 0.570. The fourth-order valence-corrected chi connectivity index (χ4v) is 1.26. The van der Waals surface area contributed by atoms with Gasteiger partial charge in [0.2, 0.25) is 0 Å². The highest BCUT2D eigenvalue weighted by Gasteiger charge is 1.96. The molecule has 1 N–H and O–H groups in total. The normalized spacial score (nSPS) is 11.0. The Labute approximate surface area is 86.1 Å². The summed E-state index contributed by atoms with van der Waals surface area (Å²) in [6.07, 6.45) is 7.17. The van der Waals surface area contributed by atoms with Crippen LogP contribution in [0.5, 0.6) is 0 Å². The van der Waals surface area contributed by atoms with Crippen LogP contribution >= 0.6 is 0 Å². The Kier molecular flexibility index (Phi) is 4.94. The van der Waals surface area contributed by atoms with E-state index >= 15 is 0 Å². The molecule has 0 spiro atoms. The van der Waals surface area contributed by atoms with Gasteiger partial charge in [0.15, 0.2) is 0 Å². The molecule has 0 aromatic carbocycles. The highest BCUT2D eigenvalue weighted by Crippen LogP contribution is 2.01. The summed E-state index contributed by atoms with van der Waals surface area (Å²) >= 11 is 0. The average Bonchev–Trinajstić information content (AvgIpc) is 2.20. The topological polar surface area (TPSA) is 24.9 Å². The van der Waals surface area contributed by atoms with E-state index in [9.17, 15) is 0 Å². The lowest BCUT2D eigenvalue weighted by molar-refractivity contribution is 0.679. The number of nitrogens with one attached hydrogen (secondary N) is 1. The number of aryl methyl sites for hydroxylation is 1. The van der Waals surface area contributed by atoms with Crippen molar-refractivity contribution in [2.75, 3.05) is 6.54 Å². The molecule has 0 bridgehead atoms. The Hall–Kier alpha value is -1.15. The smallest absolute Gasteiger partial charge is 0.0570 e. The van der Waals surface area contributed by atoms with Crippen LogP contribution < -0.4 is 5.32 Å². The van der Waals surface area contributed by atoms with Gasteiger partial charge < -0.3 is 5.32 Å². The van der Waals surface area contributed by atoms with Crippen LogP contribution in [0.15, 0.2) is 30.5 Å². The van der Waals surface area contributed by atoms with E-state index in [1.165, 1.54) is 5.56 Å². The molecule has 2 nitrogen and oxygen atoms in total. The molecule has 0 atom stereocenters. The van der Waals surface area contributed by atoms with Crippen LogP contribution in [0.2, 0.25) is 0 Å². The summed E-state index contributed by atoms with van der Waals surface area (Å²) in [5.41, 5.74) is 2.40. The molecule has 14 heavy (non-hydrogen) atoms. The first-order valence-corrected chi connectivity index (χ1v) is 5.07. The number of hydrogen-bond acceptors (Lipinski definition) is 2. The number of hydrogen-bond donors (Lipinski definition) is 1. The van der Waals surface area contributed by atoms with Gasteiger partial charge in [-0.1, -0.05) is 18.2 Å². The molecule has 1 heterocycles. The summed E-state index contributed by atoms with van der Waals surface area (Å²) < 4.78 is 0. The molecule has 0 unspecified atom stereocenters. The minimum atomic E-state index is 0.865. The molecule has 0 saturated heterocycles. The van der Waals surface area contributed by atoms with E-state index < -0.39 is 0 Å². The van der Waals surface area contributed by atoms with Crippen LogP contribution in [0.1, 0.15) is 24.6 Å². The van der Waals surface area contributed by atoms with Crippen LogP contribution in [0.3, 0.4) is 0 Å². The summed E-state index contributed by atoms with van der Waals surface area (Å²) in [6, 6.07) is 4.06. The number of allylic oxidation sites excluding steroid dienone is 1. The summed E-state index contributed by atoms with van der Waals surface area (Å²) in [5.74, 6) is 0. The molecule has 0 aliphatic rings. The number of pyridine rings is 1. The molecular formula is C12H18N2. The van der Waals surface area contributed by atoms with Gasteiger partial charge in [-0.2, -0.15) is 0 Å². The monoisotopic (exact) mass is 190 g/mol. The van der Waals surface area contributed by atoms with Crippen LogP contribution in [0.4, 0.5) is 0 Å². The zero-order valence-electron chi connectivity index (χ0n) is 8.96. The van der Waals surface area contributed by atoms with Gasteiger partial charge in [-0.25, -0.2) is 0 Å². The summed E-state index contributed by atoms with van der Waals surface area (Å²) in [5, 5.41) is 3.36. The second-order valence-corrected chi connectivity index (χ2v) is 3.30. The molecule has 2 heteroatoms. The van der Waals surface area contributed by atoms with Gasteiger partial charge in [-0.15, -0.1) is 0 Å². The van der Waals surface area contributed by atoms with E-state index in [0.29, 0.717) is 0 Å². The Morgan fingerprint density at radius 1 is 1.50 bits per heavy atom. The summed E-state index contributed by atoms with van der Waals surface area (Å²) in [6.45, 7) is 6.02. The molecule has 0 radical (unpaired) electrons. The predicted octanol–water partition coefficient (Wildman–Crippen LogP) is 2.45. The Morgan fingerprint density at radius 2 is 2.36 bits per heavy atom. The van der Waals surface area contributed by atoms with Crippen molar-refractivity contribution in [2.45, 2.75) is 26.8 Å². The number of nitrogens with zero attached hydrogens (tertiary/aromatic N) is 1. The van der Waals surface area contributed by atoms with Crippen molar-refractivity contribution in [3.63, 3.8) is 0 Å². The van der Waals surface area contributed by atoms with Crippen LogP contribution in [0, 0.1) is 6.92 Å². The van der Waals surface area contributed by atoms with Gasteiger partial charge in [-0.3, -0.25) is 4.98 Å². The molecule has 1 aromatic rings. The van der Waals surface area contributed by atoms with Gasteiger partial charge in [-0.05, 0) is 38.4 Å². The molecule has 0 amide bonds. The molecule has 0 aliphatic heterocycles. The van der Waals surface area contributed by atoms with E-state index in [2.05, 4.69) is 35.4 Å². The van der Waals surface area contributed by atoms with Gasteiger partial charge in [0.1, 0.15) is 0 Å². The molecular weight excluding hydrogens is 172 g/mol. The molecule has 0 fully saturated rings. The second kappa shape index (κ2) is 6.33.